The van der Waals surface area contributed by atoms with Gasteiger partial charge >= 0.3 is 6.09 Å². The van der Waals surface area contributed by atoms with Crippen LogP contribution < -0.4 is 10.2 Å². The summed E-state index contributed by atoms with van der Waals surface area (Å²) in [6.45, 7) is 11.0. The van der Waals surface area contributed by atoms with Crippen molar-refractivity contribution in [1.29, 1.82) is 0 Å². The normalized spacial score (nSPS) is 18.3. The third-order valence-corrected chi connectivity index (χ3v) is 5.46. The molecule has 0 atom stereocenters. The predicted molar refractivity (Wildman–Crippen MR) is 112 cm³/mol. The Morgan fingerprint density at radius 3 is 2.29 bits per heavy atom. The van der Waals surface area contributed by atoms with Gasteiger partial charge in [-0.15, -0.1) is 0 Å². The van der Waals surface area contributed by atoms with Crippen LogP contribution in [-0.2, 0) is 9.53 Å². The molecule has 6 nitrogen and oxygen atoms in total. The first-order chi connectivity index (χ1) is 13.2. The number of likely N-dealkylation sites (tertiary alicyclic amines) is 1. The van der Waals surface area contributed by atoms with Gasteiger partial charge < -0.3 is 19.9 Å². The van der Waals surface area contributed by atoms with Gasteiger partial charge in [-0.25, -0.2) is 4.79 Å². The molecule has 0 spiro atoms. The van der Waals surface area contributed by atoms with Gasteiger partial charge in [0.1, 0.15) is 5.60 Å². The zero-order chi connectivity index (χ0) is 20.3. The smallest absolute Gasteiger partial charge is 0.410 e. The first kappa shape index (κ1) is 20.5. The second kappa shape index (κ2) is 8.41. The van der Waals surface area contributed by atoms with E-state index in [0.29, 0.717) is 25.9 Å². The Morgan fingerprint density at radius 1 is 1.07 bits per heavy atom. The average molecular weight is 388 g/mol. The first-order valence-corrected chi connectivity index (χ1v) is 10.4. The largest absolute Gasteiger partial charge is 0.444 e. The molecule has 154 valence electrons. The van der Waals surface area contributed by atoms with Crippen LogP contribution in [0.5, 0.6) is 0 Å². The first-order valence-electron chi connectivity index (χ1n) is 10.4. The number of benzene rings is 1. The lowest BCUT2D eigenvalue weighted by molar-refractivity contribution is -0.121. The van der Waals surface area contributed by atoms with Crippen LogP contribution in [0.2, 0.25) is 0 Å². The fourth-order valence-electron chi connectivity index (χ4n) is 3.85. The highest BCUT2D eigenvalue weighted by molar-refractivity contribution is 5.93. The quantitative estimate of drug-likeness (QED) is 0.845. The summed E-state index contributed by atoms with van der Waals surface area (Å²) >= 11 is 0. The predicted octanol–water partition coefficient (Wildman–Crippen LogP) is 4.18. The summed E-state index contributed by atoms with van der Waals surface area (Å²) in [5, 5.41) is 3.09. The molecule has 0 saturated carbocycles. The van der Waals surface area contributed by atoms with Crippen molar-refractivity contribution in [2.45, 2.75) is 59.0 Å². The van der Waals surface area contributed by atoms with Crippen molar-refractivity contribution in [3.05, 3.63) is 23.8 Å². The number of hydrogen-bond donors (Lipinski definition) is 1. The number of anilines is 2. The zero-order valence-corrected chi connectivity index (χ0v) is 17.6. The molecule has 2 aliphatic rings. The van der Waals surface area contributed by atoms with Gasteiger partial charge in [-0.05, 0) is 77.1 Å². The summed E-state index contributed by atoms with van der Waals surface area (Å²) in [6, 6.07) is 6.27. The van der Waals surface area contributed by atoms with E-state index in [1.165, 1.54) is 18.5 Å². The van der Waals surface area contributed by atoms with Crippen molar-refractivity contribution in [1.82, 2.24) is 4.90 Å². The minimum Gasteiger partial charge on any atom is -0.444 e. The molecule has 2 heterocycles. The van der Waals surface area contributed by atoms with E-state index in [2.05, 4.69) is 22.3 Å². The lowest BCUT2D eigenvalue weighted by Gasteiger charge is -2.33. The Balaban J connectivity index is 1.52. The number of piperidine rings is 1. The molecule has 1 N–H and O–H groups in total. The van der Waals surface area contributed by atoms with E-state index in [-0.39, 0.29) is 17.9 Å². The van der Waals surface area contributed by atoms with Gasteiger partial charge in [-0.3, -0.25) is 4.79 Å². The third kappa shape index (κ3) is 5.18. The molecule has 2 aliphatic heterocycles. The van der Waals surface area contributed by atoms with Crippen molar-refractivity contribution < 1.29 is 14.3 Å². The van der Waals surface area contributed by atoms with E-state index in [9.17, 15) is 9.59 Å². The monoisotopic (exact) mass is 387 g/mol. The molecule has 0 aliphatic carbocycles. The number of ether oxygens (including phenoxy) is 1. The number of carbonyl (C=O) groups excluding carboxylic acids is 2. The highest BCUT2D eigenvalue weighted by Gasteiger charge is 2.30. The van der Waals surface area contributed by atoms with Gasteiger partial charge in [0.15, 0.2) is 0 Å². The number of amides is 2. The number of carbonyl (C=O) groups is 2. The van der Waals surface area contributed by atoms with Crippen molar-refractivity contribution in [3.8, 4) is 0 Å². The van der Waals surface area contributed by atoms with Gasteiger partial charge in [0.2, 0.25) is 5.91 Å². The molecule has 0 aromatic heterocycles. The lowest BCUT2D eigenvalue weighted by Crippen LogP contribution is -2.43. The van der Waals surface area contributed by atoms with Crippen LogP contribution in [0.4, 0.5) is 16.2 Å². The molecule has 0 radical (unpaired) electrons. The van der Waals surface area contributed by atoms with Gasteiger partial charge in [0, 0.05) is 43.5 Å². The Labute approximate surface area is 168 Å². The summed E-state index contributed by atoms with van der Waals surface area (Å²) in [6.07, 6.45) is 3.53. The minimum atomic E-state index is -0.496. The van der Waals surface area contributed by atoms with Gasteiger partial charge in [0.05, 0.1) is 0 Å². The van der Waals surface area contributed by atoms with E-state index < -0.39 is 5.60 Å². The standard InChI is InChI=1S/C22H33N3O3/c1-16-15-18(24-11-5-6-12-24)7-8-19(16)23-20(26)17-9-13-25(14-10-17)21(27)28-22(2,3)4/h7-8,15,17H,5-6,9-14H2,1-4H3,(H,23,26). The van der Waals surface area contributed by atoms with Crippen molar-refractivity contribution in [3.63, 3.8) is 0 Å². The number of hydrogen-bond acceptors (Lipinski definition) is 4. The fraction of sp³-hybridized carbons (Fsp3) is 0.636. The summed E-state index contributed by atoms with van der Waals surface area (Å²) in [5.41, 5.74) is 2.70. The van der Waals surface area contributed by atoms with E-state index in [1.54, 1.807) is 4.90 Å². The van der Waals surface area contributed by atoms with Crippen LogP contribution in [0.15, 0.2) is 18.2 Å². The van der Waals surface area contributed by atoms with Crippen LogP contribution in [-0.4, -0.2) is 48.7 Å². The topological polar surface area (TPSA) is 61.9 Å². The van der Waals surface area contributed by atoms with Gasteiger partial charge in [0.25, 0.3) is 0 Å². The minimum absolute atomic E-state index is 0.0425. The molecule has 2 saturated heterocycles. The second-order valence-electron chi connectivity index (χ2n) is 8.92. The Kier molecular flexibility index (Phi) is 6.16. The Bertz CT molecular complexity index is 712. The summed E-state index contributed by atoms with van der Waals surface area (Å²) in [4.78, 5) is 29.0. The van der Waals surface area contributed by atoms with Crippen LogP contribution in [0.25, 0.3) is 0 Å². The maximum absolute atomic E-state index is 12.7. The fourth-order valence-corrected chi connectivity index (χ4v) is 3.85. The maximum atomic E-state index is 12.7. The number of aryl methyl sites for hydroxylation is 1. The van der Waals surface area contributed by atoms with Gasteiger partial charge in [-0.1, -0.05) is 0 Å². The third-order valence-electron chi connectivity index (χ3n) is 5.46. The Hall–Kier alpha value is -2.24. The highest BCUT2D eigenvalue weighted by atomic mass is 16.6. The summed E-state index contributed by atoms with van der Waals surface area (Å²) in [7, 11) is 0. The molecular weight excluding hydrogens is 354 g/mol. The zero-order valence-electron chi connectivity index (χ0n) is 17.6. The van der Waals surface area contributed by atoms with Crippen LogP contribution in [0.3, 0.4) is 0 Å². The SMILES string of the molecule is Cc1cc(N2CCCC2)ccc1NC(=O)C1CCN(C(=O)OC(C)(C)C)CC1. The average Bonchev–Trinajstić information content (AvgIpc) is 3.17. The molecule has 0 bridgehead atoms. The molecule has 0 unspecified atom stereocenters. The number of nitrogens with zero attached hydrogens (tertiary/aromatic N) is 2. The van der Waals surface area contributed by atoms with Crippen LogP contribution >= 0.6 is 0 Å². The molecule has 6 heteroatoms. The molecule has 2 fully saturated rings. The highest BCUT2D eigenvalue weighted by Crippen LogP contribution is 2.27. The van der Waals surface area contributed by atoms with Crippen molar-refractivity contribution in [2.75, 3.05) is 36.4 Å². The summed E-state index contributed by atoms with van der Waals surface area (Å²) in [5.74, 6) is -0.0304. The molecule has 2 amide bonds. The molecule has 28 heavy (non-hydrogen) atoms. The second-order valence-corrected chi connectivity index (χ2v) is 8.92. The van der Waals surface area contributed by atoms with E-state index in [4.69, 9.17) is 4.74 Å². The number of rotatable bonds is 3. The van der Waals surface area contributed by atoms with E-state index >= 15 is 0 Å². The summed E-state index contributed by atoms with van der Waals surface area (Å²) < 4.78 is 5.42. The van der Waals surface area contributed by atoms with Crippen molar-refractivity contribution in [2.24, 2.45) is 5.92 Å². The maximum Gasteiger partial charge on any atom is 0.410 e. The molecule has 1 aromatic rings. The lowest BCUT2D eigenvalue weighted by atomic mass is 9.96. The molecule has 3 rings (SSSR count). The van der Waals surface area contributed by atoms with E-state index in [0.717, 1.165) is 24.3 Å². The Morgan fingerprint density at radius 2 is 1.71 bits per heavy atom. The molecular formula is C22H33N3O3. The van der Waals surface area contributed by atoms with Gasteiger partial charge in [-0.2, -0.15) is 0 Å². The molecule has 1 aromatic carbocycles. The van der Waals surface area contributed by atoms with E-state index in [1.807, 2.05) is 33.8 Å². The van der Waals surface area contributed by atoms with Crippen LogP contribution in [0, 0.1) is 12.8 Å². The number of nitrogens with one attached hydrogen (secondary N) is 1. The van der Waals surface area contributed by atoms with Crippen molar-refractivity contribution >= 4 is 23.4 Å². The van der Waals surface area contributed by atoms with Crippen LogP contribution in [0.1, 0.15) is 52.0 Å².